The van der Waals surface area contributed by atoms with Gasteiger partial charge in [0.25, 0.3) is 0 Å². The van der Waals surface area contributed by atoms with Crippen LogP contribution in [-0.2, 0) is 9.53 Å². The summed E-state index contributed by atoms with van der Waals surface area (Å²) in [5, 5.41) is 0. The molecule has 0 bridgehead atoms. The van der Waals surface area contributed by atoms with Crippen LogP contribution < -0.4 is 0 Å². The Morgan fingerprint density at radius 2 is 1.86 bits per heavy atom. The summed E-state index contributed by atoms with van der Waals surface area (Å²) in [5.41, 5.74) is -0.843. The van der Waals surface area contributed by atoms with E-state index < -0.39 is 28.4 Å². The molecule has 118 valence electrons. The first-order chi connectivity index (χ1) is 9.58. The molecule has 0 fully saturated rings. The molecule has 0 aliphatic carbocycles. The molecule has 4 nitrogen and oxygen atoms in total. The second kappa shape index (κ2) is 6.48. The summed E-state index contributed by atoms with van der Waals surface area (Å²) in [7, 11) is -3.16. The van der Waals surface area contributed by atoms with Crippen molar-refractivity contribution in [2.75, 3.05) is 12.9 Å². The van der Waals surface area contributed by atoms with E-state index in [0.717, 1.165) is 11.8 Å². The van der Waals surface area contributed by atoms with Crippen molar-refractivity contribution in [1.82, 2.24) is 0 Å². The van der Waals surface area contributed by atoms with Gasteiger partial charge in [0.2, 0.25) is 5.71 Å². The Bertz CT molecular complexity index is 539. The zero-order chi connectivity index (χ0) is 16.3. The number of alkyl halides is 3. The molecule has 0 aliphatic rings. The number of carbonyl (C=O) groups excluding carboxylic acids is 1. The highest BCUT2D eigenvalue weighted by Crippen LogP contribution is 2.51. The molecule has 0 saturated carbocycles. The predicted octanol–water partition coefficient (Wildman–Crippen LogP) is 3.74. The zero-order valence-corrected chi connectivity index (χ0v) is 12.6. The quantitative estimate of drug-likeness (QED) is 0.678. The molecular formula is C13H16F3NO3S. The van der Waals surface area contributed by atoms with Gasteiger partial charge in [0, 0.05) is 11.2 Å². The van der Waals surface area contributed by atoms with Crippen molar-refractivity contribution < 1.29 is 27.3 Å². The molecule has 1 N–H and O–H groups in total. The smallest absolute Gasteiger partial charge is 0.441 e. The van der Waals surface area contributed by atoms with Crippen LogP contribution in [0, 0.1) is 6.92 Å². The fourth-order valence-corrected chi connectivity index (χ4v) is 2.72. The fourth-order valence-electron chi connectivity index (χ4n) is 1.43. The number of nitrogens with zero attached hydrogens (tertiary/aromatic N) is 1. The number of carbonyl (C=O) groups is 1. The molecule has 0 heterocycles. The van der Waals surface area contributed by atoms with Crippen LogP contribution in [0.1, 0.15) is 12.5 Å². The lowest BCUT2D eigenvalue weighted by molar-refractivity contribution is -0.139. The van der Waals surface area contributed by atoms with Crippen molar-refractivity contribution in [1.29, 1.82) is 0 Å². The van der Waals surface area contributed by atoms with E-state index in [4.69, 9.17) is 0 Å². The lowest BCUT2D eigenvalue weighted by Crippen LogP contribution is -2.33. The first-order valence-corrected chi connectivity index (χ1v) is 7.95. The highest BCUT2D eigenvalue weighted by molar-refractivity contribution is 8.27. The summed E-state index contributed by atoms with van der Waals surface area (Å²) in [6.07, 6.45) is -3.84. The second-order valence-electron chi connectivity index (χ2n) is 4.30. The minimum atomic E-state index is -4.99. The third kappa shape index (κ3) is 4.75. The third-order valence-corrected chi connectivity index (χ3v) is 4.18. The van der Waals surface area contributed by atoms with Crippen molar-refractivity contribution in [3.8, 4) is 0 Å². The average molecular weight is 323 g/mol. The largest absolute Gasteiger partial charge is 0.461 e. The molecule has 0 spiro atoms. The maximum atomic E-state index is 12.9. The van der Waals surface area contributed by atoms with Crippen LogP contribution in [0.15, 0.2) is 33.6 Å². The number of rotatable bonds is 4. The minimum absolute atomic E-state index is 0.212. The molecule has 1 atom stereocenters. The van der Waals surface area contributed by atoms with Crippen molar-refractivity contribution in [3.05, 3.63) is 29.8 Å². The molecule has 0 saturated heterocycles. The fraction of sp³-hybridized carbons (Fsp3) is 0.385. The Kier molecular flexibility index (Phi) is 5.41. The SMILES string of the molecule is CCOC(=O)/C(=N\S(C)(O)c1ccc(C)cc1)C(F)(F)F. The van der Waals surface area contributed by atoms with Crippen LogP contribution in [0.2, 0.25) is 0 Å². The lowest BCUT2D eigenvalue weighted by atomic mass is 10.2. The highest BCUT2D eigenvalue weighted by Gasteiger charge is 2.43. The van der Waals surface area contributed by atoms with Crippen molar-refractivity contribution in [3.63, 3.8) is 0 Å². The topological polar surface area (TPSA) is 58.9 Å². The van der Waals surface area contributed by atoms with Crippen LogP contribution in [0.4, 0.5) is 13.2 Å². The summed E-state index contributed by atoms with van der Waals surface area (Å²) in [6, 6.07) is 6.24. The summed E-state index contributed by atoms with van der Waals surface area (Å²) in [6.45, 7) is 2.98. The molecule has 1 unspecified atom stereocenters. The van der Waals surface area contributed by atoms with Gasteiger partial charge in [0.1, 0.15) is 0 Å². The summed E-state index contributed by atoms with van der Waals surface area (Å²) in [5.74, 6) is -1.59. The molecular weight excluding hydrogens is 307 g/mol. The van der Waals surface area contributed by atoms with Gasteiger partial charge < -0.3 is 9.29 Å². The average Bonchev–Trinajstić information content (AvgIpc) is 2.35. The van der Waals surface area contributed by atoms with E-state index in [1.54, 1.807) is 19.1 Å². The molecule has 0 amide bonds. The number of aryl methyl sites for hydroxylation is 1. The normalized spacial score (nSPS) is 17.0. The Hall–Kier alpha value is -1.54. The molecule has 1 aromatic rings. The van der Waals surface area contributed by atoms with Crippen molar-refractivity contribution in [2.45, 2.75) is 24.9 Å². The van der Waals surface area contributed by atoms with Crippen LogP contribution in [-0.4, -0.2) is 35.3 Å². The monoisotopic (exact) mass is 323 g/mol. The van der Waals surface area contributed by atoms with Gasteiger partial charge in [-0.2, -0.15) is 17.6 Å². The van der Waals surface area contributed by atoms with Gasteiger partial charge in [0.05, 0.1) is 6.61 Å². The van der Waals surface area contributed by atoms with Crippen LogP contribution >= 0.6 is 10.5 Å². The van der Waals surface area contributed by atoms with Gasteiger partial charge in [-0.15, -0.1) is 0 Å². The Labute approximate surface area is 122 Å². The first kappa shape index (κ1) is 17.5. The maximum absolute atomic E-state index is 12.9. The van der Waals surface area contributed by atoms with Crippen LogP contribution in [0.5, 0.6) is 0 Å². The number of hydrogen-bond donors (Lipinski definition) is 1. The van der Waals surface area contributed by atoms with Gasteiger partial charge in [-0.25, -0.2) is 4.79 Å². The van der Waals surface area contributed by atoms with Gasteiger partial charge in [0.15, 0.2) is 0 Å². The molecule has 8 heteroatoms. The van der Waals surface area contributed by atoms with E-state index in [9.17, 15) is 22.5 Å². The molecule has 0 aromatic heterocycles. The molecule has 1 rings (SSSR count). The number of hydrogen-bond acceptors (Lipinski definition) is 4. The summed E-state index contributed by atoms with van der Waals surface area (Å²) < 4.78 is 56.4. The van der Waals surface area contributed by atoms with Gasteiger partial charge >= 0.3 is 12.1 Å². The van der Waals surface area contributed by atoms with E-state index in [2.05, 4.69) is 9.13 Å². The maximum Gasteiger partial charge on any atom is 0.441 e. The van der Waals surface area contributed by atoms with Gasteiger partial charge in [-0.3, -0.25) is 0 Å². The Balaban J connectivity index is 3.24. The summed E-state index contributed by atoms with van der Waals surface area (Å²) >= 11 is 0. The van der Waals surface area contributed by atoms with Crippen LogP contribution in [0.25, 0.3) is 0 Å². The van der Waals surface area contributed by atoms with E-state index in [0.29, 0.717) is 0 Å². The third-order valence-electron chi connectivity index (χ3n) is 2.47. The molecule has 0 radical (unpaired) electrons. The lowest BCUT2D eigenvalue weighted by Gasteiger charge is -2.26. The minimum Gasteiger partial charge on any atom is -0.461 e. The van der Waals surface area contributed by atoms with Crippen molar-refractivity contribution in [2.24, 2.45) is 4.40 Å². The Morgan fingerprint density at radius 3 is 2.29 bits per heavy atom. The van der Waals surface area contributed by atoms with Gasteiger partial charge in [-0.1, -0.05) is 17.7 Å². The van der Waals surface area contributed by atoms with Gasteiger partial charge in [-0.05, 0) is 36.5 Å². The molecule has 21 heavy (non-hydrogen) atoms. The van der Waals surface area contributed by atoms with Crippen molar-refractivity contribution >= 4 is 22.2 Å². The highest BCUT2D eigenvalue weighted by atomic mass is 32.3. The molecule has 1 aromatic carbocycles. The number of halogens is 3. The second-order valence-corrected chi connectivity index (χ2v) is 6.63. The number of esters is 1. The Morgan fingerprint density at radius 1 is 1.33 bits per heavy atom. The first-order valence-electron chi connectivity index (χ1n) is 5.99. The number of ether oxygens (including phenoxy) is 1. The molecule has 0 aliphatic heterocycles. The van der Waals surface area contributed by atoms with E-state index in [1.807, 2.05) is 0 Å². The van der Waals surface area contributed by atoms with E-state index in [-0.39, 0.29) is 11.5 Å². The number of benzene rings is 1. The summed E-state index contributed by atoms with van der Waals surface area (Å²) in [4.78, 5) is 11.6. The zero-order valence-electron chi connectivity index (χ0n) is 11.8. The van der Waals surface area contributed by atoms with E-state index >= 15 is 0 Å². The van der Waals surface area contributed by atoms with E-state index in [1.165, 1.54) is 19.1 Å². The standard InChI is InChI=1S/C13H16F3NO3S/c1-4-20-12(18)11(13(14,15)16)17-21(3,19)10-7-5-9(2)6-8-10/h5-8,19H,4H2,1-3H3/b17-11+. The predicted molar refractivity (Wildman–Crippen MR) is 75.7 cm³/mol. The van der Waals surface area contributed by atoms with Crippen LogP contribution in [0.3, 0.4) is 0 Å².